The first kappa shape index (κ1) is 16.0. The Balaban J connectivity index is 2.05. The molecule has 1 heterocycles. The van der Waals surface area contributed by atoms with Gasteiger partial charge in [0.2, 0.25) is 0 Å². The second-order valence-corrected chi connectivity index (χ2v) is 5.75. The SMILES string of the molecule is CCOC(=O)c1ccc2nc(C)cc(Nc3ccc(C)cc3)c2c1. The molecule has 0 saturated carbocycles. The number of carbonyl (C=O) groups is 1. The number of hydrogen-bond acceptors (Lipinski definition) is 4. The third kappa shape index (κ3) is 3.38. The van der Waals surface area contributed by atoms with Crippen LogP contribution in [0.5, 0.6) is 0 Å². The summed E-state index contributed by atoms with van der Waals surface area (Å²) < 4.78 is 5.09. The molecule has 0 radical (unpaired) electrons. The Labute approximate surface area is 141 Å². The van der Waals surface area contributed by atoms with E-state index in [1.54, 1.807) is 13.0 Å². The zero-order valence-corrected chi connectivity index (χ0v) is 14.1. The van der Waals surface area contributed by atoms with Gasteiger partial charge in [0.05, 0.1) is 17.7 Å². The van der Waals surface area contributed by atoms with Crippen molar-refractivity contribution in [3.05, 3.63) is 65.4 Å². The average Bonchev–Trinajstić information content (AvgIpc) is 2.56. The van der Waals surface area contributed by atoms with Gasteiger partial charge in [0.15, 0.2) is 0 Å². The number of carbonyl (C=O) groups excluding carboxylic acids is 1. The maximum absolute atomic E-state index is 12.0. The Morgan fingerprint density at radius 3 is 2.54 bits per heavy atom. The lowest BCUT2D eigenvalue weighted by molar-refractivity contribution is 0.0526. The van der Waals surface area contributed by atoms with Gasteiger partial charge in [-0.05, 0) is 57.2 Å². The minimum absolute atomic E-state index is 0.318. The molecule has 122 valence electrons. The first-order valence-electron chi connectivity index (χ1n) is 7.99. The largest absolute Gasteiger partial charge is 0.462 e. The first-order valence-corrected chi connectivity index (χ1v) is 7.99. The summed E-state index contributed by atoms with van der Waals surface area (Å²) >= 11 is 0. The zero-order chi connectivity index (χ0) is 17.1. The molecule has 2 aromatic carbocycles. The smallest absolute Gasteiger partial charge is 0.338 e. The predicted molar refractivity (Wildman–Crippen MR) is 96.9 cm³/mol. The fourth-order valence-electron chi connectivity index (χ4n) is 2.60. The molecule has 3 rings (SSSR count). The number of hydrogen-bond donors (Lipinski definition) is 1. The molecule has 4 heteroatoms. The maximum atomic E-state index is 12.0. The van der Waals surface area contributed by atoms with Gasteiger partial charge in [-0.25, -0.2) is 4.79 Å². The molecule has 1 N–H and O–H groups in total. The van der Waals surface area contributed by atoms with Crippen LogP contribution < -0.4 is 5.32 Å². The zero-order valence-electron chi connectivity index (χ0n) is 14.1. The number of nitrogens with zero attached hydrogens (tertiary/aromatic N) is 1. The van der Waals surface area contributed by atoms with Crippen molar-refractivity contribution in [2.24, 2.45) is 0 Å². The van der Waals surface area contributed by atoms with E-state index in [0.29, 0.717) is 12.2 Å². The van der Waals surface area contributed by atoms with E-state index in [0.717, 1.165) is 28.0 Å². The van der Waals surface area contributed by atoms with E-state index in [1.165, 1.54) is 5.56 Å². The average molecular weight is 320 g/mol. The van der Waals surface area contributed by atoms with Crippen LogP contribution in [0.3, 0.4) is 0 Å². The minimum atomic E-state index is -0.318. The van der Waals surface area contributed by atoms with Gasteiger partial charge in [0, 0.05) is 22.5 Å². The van der Waals surface area contributed by atoms with E-state index in [2.05, 4.69) is 29.4 Å². The molecular formula is C20H20N2O2. The Morgan fingerprint density at radius 2 is 1.83 bits per heavy atom. The normalized spacial score (nSPS) is 10.6. The number of benzene rings is 2. The molecule has 0 atom stereocenters. The maximum Gasteiger partial charge on any atom is 0.338 e. The van der Waals surface area contributed by atoms with Crippen LogP contribution in [0.2, 0.25) is 0 Å². The van der Waals surface area contributed by atoms with Crippen LogP contribution in [0, 0.1) is 13.8 Å². The number of ether oxygens (including phenoxy) is 1. The van der Waals surface area contributed by atoms with E-state index in [4.69, 9.17) is 4.74 Å². The summed E-state index contributed by atoms with van der Waals surface area (Å²) in [6.45, 7) is 6.17. The van der Waals surface area contributed by atoms with Gasteiger partial charge in [-0.1, -0.05) is 17.7 Å². The predicted octanol–water partition coefficient (Wildman–Crippen LogP) is 4.77. The molecule has 0 bridgehead atoms. The lowest BCUT2D eigenvalue weighted by Gasteiger charge is -2.12. The molecule has 0 aliphatic carbocycles. The molecule has 4 nitrogen and oxygen atoms in total. The Hall–Kier alpha value is -2.88. The number of esters is 1. The van der Waals surface area contributed by atoms with Crippen molar-refractivity contribution in [2.75, 3.05) is 11.9 Å². The Kier molecular flexibility index (Phi) is 4.47. The van der Waals surface area contributed by atoms with E-state index in [9.17, 15) is 4.79 Å². The van der Waals surface area contributed by atoms with Crippen molar-refractivity contribution in [1.29, 1.82) is 0 Å². The van der Waals surface area contributed by atoms with E-state index >= 15 is 0 Å². The van der Waals surface area contributed by atoms with Crippen LogP contribution in [0.4, 0.5) is 11.4 Å². The fourth-order valence-corrected chi connectivity index (χ4v) is 2.60. The Morgan fingerprint density at radius 1 is 1.08 bits per heavy atom. The van der Waals surface area contributed by atoms with E-state index in [-0.39, 0.29) is 5.97 Å². The van der Waals surface area contributed by atoms with Gasteiger partial charge in [-0.15, -0.1) is 0 Å². The second-order valence-electron chi connectivity index (χ2n) is 5.75. The summed E-state index contributed by atoms with van der Waals surface area (Å²) in [4.78, 5) is 16.5. The standard InChI is InChI=1S/C20H20N2O2/c1-4-24-20(23)15-7-10-18-17(12-15)19(11-14(3)21-18)22-16-8-5-13(2)6-9-16/h5-12H,4H2,1-3H3,(H,21,22). The van der Waals surface area contributed by atoms with Crippen LogP contribution in [0.1, 0.15) is 28.5 Å². The molecule has 1 aromatic heterocycles. The van der Waals surface area contributed by atoms with E-state index < -0.39 is 0 Å². The summed E-state index contributed by atoms with van der Waals surface area (Å²) in [6.07, 6.45) is 0. The topological polar surface area (TPSA) is 51.2 Å². The summed E-state index contributed by atoms with van der Waals surface area (Å²) in [6, 6.07) is 15.6. The third-order valence-corrected chi connectivity index (χ3v) is 3.78. The number of anilines is 2. The van der Waals surface area contributed by atoms with Gasteiger partial charge in [-0.3, -0.25) is 4.98 Å². The van der Waals surface area contributed by atoms with Crippen molar-refractivity contribution in [3.63, 3.8) is 0 Å². The highest BCUT2D eigenvalue weighted by Crippen LogP contribution is 2.27. The molecular weight excluding hydrogens is 300 g/mol. The number of rotatable bonds is 4. The first-order chi connectivity index (χ1) is 11.6. The van der Waals surface area contributed by atoms with Crippen LogP contribution in [0.25, 0.3) is 10.9 Å². The molecule has 0 unspecified atom stereocenters. The summed E-state index contributed by atoms with van der Waals surface area (Å²) in [5.41, 5.74) is 5.42. The third-order valence-electron chi connectivity index (χ3n) is 3.78. The van der Waals surface area contributed by atoms with Crippen molar-refractivity contribution in [2.45, 2.75) is 20.8 Å². The van der Waals surface area contributed by atoms with Gasteiger partial charge in [0.1, 0.15) is 0 Å². The van der Waals surface area contributed by atoms with Crippen LogP contribution in [0.15, 0.2) is 48.5 Å². The van der Waals surface area contributed by atoms with Crippen molar-refractivity contribution in [3.8, 4) is 0 Å². The summed E-state index contributed by atoms with van der Waals surface area (Å²) in [5, 5.41) is 4.32. The van der Waals surface area contributed by atoms with Crippen LogP contribution in [-0.4, -0.2) is 17.6 Å². The van der Waals surface area contributed by atoms with Crippen molar-refractivity contribution < 1.29 is 9.53 Å². The lowest BCUT2D eigenvalue weighted by atomic mass is 10.1. The van der Waals surface area contributed by atoms with Crippen LogP contribution >= 0.6 is 0 Å². The monoisotopic (exact) mass is 320 g/mol. The van der Waals surface area contributed by atoms with Gasteiger partial charge in [0.25, 0.3) is 0 Å². The number of aromatic nitrogens is 1. The highest BCUT2D eigenvalue weighted by atomic mass is 16.5. The second kappa shape index (κ2) is 6.71. The molecule has 0 fully saturated rings. The highest BCUT2D eigenvalue weighted by Gasteiger charge is 2.11. The van der Waals surface area contributed by atoms with Crippen molar-refractivity contribution in [1.82, 2.24) is 4.98 Å². The van der Waals surface area contributed by atoms with Crippen molar-refractivity contribution >= 4 is 28.2 Å². The van der Waals surface area contributed by atoms with E-state index in [1.807, 2.05) is 37.3 Å². The molecule has 0 aliphatic rings. The minimum Gasteiger partial charge on any atom is -0.462 e. The molecule has 0 saturated heterocycles. The Bertz CT molecular complexity index is 886. The van der Waals surface area contributed by atoms with Gasteiger partial charge in [-0.2, -0.15) is 0 Å². The number of fused-ring (bicyclic) bond motifs is 1. The quantitative estimate of drug-likeness (QED) is 0.703. The molecule has 3 aromatic rings. The van der Waals surface area contributed by atoms with Crippen LogP contribution in [-0.2, 0) is 4.74 Å². The molecule has 0 aliphatic heterocycles. The fraction of sp³-hybridized carbons (Fsp3) is 0.200. The van der Waals surface area contributed by atoms with Gasteiger partial charge >= 0.3 is 5.97 Å². The molecule has 24 heavy (non-hydrogen) atoms. The number of aryl methyl sites for hydroxylation is 2. The lowest BCUT2D eigenvalue weighted by Crippen LogP contribution is -2.05. The summed E-state index contributed by atoms with van der Waals surface area (Å²) in [7, 11) is 0. The molecule has 0 amide bonds. The van der Waals surface area contributed by atoms with Gasteiger partial charge < -0.3 is 10.1 Å². The molecule has 0 spiro atoms. The number of pyridine rings is 1. The number of nitrogens with one attached hydrogen (secondary N) is 1. The summed E-state index contributed by atoms with van der Waals surface area (Å²) in [5.74, 6) is -0.318. The highest BCUT2D eigenvalue weighted by molar-refractivity contribution is 5.99.